The molecule has 26 heavy (non-hydrogen) atoms. The second kappa shape index (κ2) is 8.19. The van der Waals surface area contributed by atoms with Crippen molar-refractivity contribution in [3.8, 4) is 11.5 Å². The van der Waals surface area contributed by atoms with Gasteiger partial charge in [0, 0.05) is 29.3 Å². The minimum absolute atomic E-state index is 0.0215. The summed E-state index contributed by atoms with van der Waals surface area (Å²) >= 11 is 1.67. The lowest BCUT2D eigenvalue weighted by Crippen LogP contribution is -2.22. The molecule has 6 heteroatoms. The van der Waals surface area contributed by atoms with E-state index in [9.17, 15) is 4.79 Å². The monoisotopic (exact) mass is 370 g/mol. The number of carbonyl (C=O) groups excluding carboxylic acids is 1. The van der Waals surface area contributed by atoms with E-state index in [4.69, 9.17) is 9.47 Å². The van der Waals surface area contributed by atoms with Gasteiger partial charge in [-0.25, -0.2) is 0 Å². The van der Waals surface area contributed by atoms with Gasteiger partial charge in [-0.15, -0.1) is 0 Å². The quantitative estimate of drug-likeness (QED) is 0.659. The number of hydrogen-bond acceptors (Lipinski definition) is 4. The Balaban J connectivity index is 1.94. The Morgan fingerprint density at radius 1 is 1.08 bits per heavy atom. The maximum Gasteiger partial charge on any atom is 0.216 e. The van der Waals surface area contributed by atoms with Crippen LogP contribution in [0.4, 0.5) is 0 Å². The van der Waals surface area contributed by atoms with E-state index in [0.29, 0.717) is 6.54 Å². The molecule has 0 aliphatic carbocycles. The third kappa shape index (κ3) is 4.14. The van der Waals surface area contributed by atoms with Crippen LogP contribution in [0.5, 0.6) is 11.5 Å². The Bertz CT molecular complexity index is 903. The van der Waals surface area contributed by atoms with E-state index in [2.05, 4.69) is 10.3 Å². The average molecular weight is 370 g/mol. The van der Waals surface area contributed by atoms with Crippen molar-refractivity contribution in [1.82, 2.24) is 10.3 Å². The number of amides is 1. The lowest BCUT2D eigenvalue weighted by atomic mass is 10.1. The van der Waals surface area contributed by atoms with Gasteiger partial charge < -0.3 is 19.8 Å². The van der Waals surface area contributed by atoms with Crippen LogP contribution >= 0.6 is 11.8 Å². The first-order valence-corrected chi connectivity index (χ1v) is 9.17. The number of ether oxygens (including phenoxy) is 2. The SMILES string of the molecule is COc1ccc(Sc2[nH]c3ccc(OC)cc3c2CCNC(C)=O)cc1. The van der Waals surface area contributed by atoms with Gasteiger partial charge in [0.25, 0.3) is 0 Å². The van der Waals surface area contributed by atoms with Gasteiger partial charge in [-0.05, 0) is 54.4 Å². The topological polar surface area (TPSA) is 63.4 Å². The molecule has 136 valence electrons. The zero-order chi connectivity index (χ0) is 18.5. The third-order valence-electron chi connectivity index (χ3n) is 4.10. The van der Waals surface area contributed by atoms with Gasteiger partial charge in [0.1, 0.15) is 11.5 Å². The van der Waals surface area contributed by atoms with Crippen LogP contribution in [-0.2, 0) is 11.2 Å². The fraction of sp³-hybridized carbons (Fsp3) is 0.250. The molecular formula is C20H22N2O3S. The van der Waals surface area contributed by atoms with E-state index in [-0.39, 0.29) is 5.91 Å². The maximum absolute atomic E-state index is 11.2. The minimum atomic E-state index is -0.0215. The number of carbonyl (C=O) groups is 1. The van der Waals surface area contributed by atoms with Gasteiger partial charge in [-0.3, -0.25) is 4.79 Å². The molecule has 0 spiro atoms. The first kappa shape index (κ1) is 18.2. The first-order chi connectivity index (χ1) is 12.6. The molecule has 0 unspecified atom stereocenters. The highest BCUT2D eigenvalue weighted by Crippen LogP contribution is 2.36. The molecule has 2 N–H and O–H groups in total. The fourth-order valence-corrected chi connectivity index (χ4v) is 3.79. The summed E-state index contributed by atoms with van der Waals surface area (Å²) < 4.78 is 10.6. The zero-order valence-electron chi connectivity index (χ0n) is 15.1. The molecule has 0 radical (unpaired) electrons. The number of hydrogen-bond donors (Lipinski definition) is 2. The molecule has 1 aromatic heterocycles. The highest BCUT2D eigenvalue weighted by atomic mass is 32.2. The average Bonchev–Trinajstić information content (AvgIpc) is 2.98. The molecule has 0 fully saturated rings. The van der Waals surface area contributed by atoms with Gasteiger partial charge in [0.2, 0.25) is 5.91 Å². The molecule has 3 aromatic rings. The summed E-state index contributed by atoms with van der Waals surface area (Å²) in [6, 6.07) is 14.0. The number of rotatable bonds is 7. The van der Waals surface area contributed by atoms with Crippen LogP contribution in [-0.4, -0.2) is 31.7 Å². The standard InChI is InChI=1S/C20H22N2O3S/c1-13(23)21-11-10-17-18-12-15(25-3)6-9-19(18)22-20(17)26-16-7-4-14(24-2)5-8-16/h4-9,12,22H,10-11H2,1-3H3,(H,21,23). The van der Waals surface area contributed by atoms with E-state index in [0.717, 1.165) is 38.7 Å². The van der Waals surface area contributed by atoms with E-state index in [1.54, 1.807) is 26.0 Å². The number of aromatic nitrogens is 1. The zero-order valence-corrected chi connectivity index (χ0v) is 15.9. The predicted molar refractivity (Wildman–Crippen MR) is 104 cm³/mol. The molecule has 0 bridgehead atoms. The van der Waals surface area contributed by atoms with Crippen LogP contribution < -0.4 is 14.8 Å². The molecule has 2 aromatic carbocycles. The summed E-state index contributed by atoms with van der Waals surface area (Å²) in [4.78, 5) is 15.8. The van der Waals surface area contributed by atoms with Crippen LogP contribution in [0.3, 0.4) is 0 Å². The molecular weight excluding hydrogens is 348 g/mol. The number of benzene rings is 2. The number of nitrogens with one attached hydrogen (secondary N) is 2. The Morgan fingerprint density at radius 2 is 1.77 bits per heavy atom. The lowest BCUT2D eigenvalue weighted by Gasteiger charge is -2.07. The van der Waals surface area contributed by atoms with E-state index >= 15 is 0 Å². The van der Waals surface area contributed by atoms with Crippen molar-refractivity contribution < 1.29 is 14.3 Å². The Morgan fingerprint density at radius 3 is 2.42 bits per heavy atom. The summed E-state index contributed by atoms with van der Waals surface area (Å²) in [6.45, 7) is 2.13. The smallest absolute Gasteiger partial charge is 0.216 e. The van der Waals surface area contributed by atoms with Crippen molar-refractivity contribution in [2.24, 2.45) is 0 Å². The van der Waals surface area contributed by atoms with Crippen LogP contribution in [0.15, 0.2) is 52.4 Å². The molecule has 1 heterocycles. The Kier molecular flexibility index (Phi) is 5.73. The predicted octanol–water partition coefficient (Wildman–Crippen LogP) is 4.01. The van der Waals surface area contributed by atoms with Gasteiger partial charge in [0.15, 0.2) is 0 Å². The highest BCUT2D eigenvalue weighted by molar-refractivity contribution is 7.99. The van der Waals surface area contributed by atoms with Gasteiger partial charge in [-0.2, -0.15) is 0 Å². The lowest BCUT2D eigenvalue weighted by molar-refractivity contribution is -0.118. The summed E-state index contributed by atoms with van der Waals surface area (Å²) in [5.74, 6) is 1.63. The van der Waals surface area contributed by atoms with Crippen LogP contribution in [0.25, 0.3) is 10.9 Å². The summed E-state index contributed by atoms with van der Waals surface area (Å²) in [7, 11) is 3.32. The third-order valence-corrected chi connectivity index (χ3v) is 5.16. The molecule has 1 amide bonds. The van der Waals surface area contributed by atoms with Crippen LogP contribution in [0.1, 0.15) is 12.5 Å². The molecule has 0 saturated carbocycles. The molecule has 3 rings (SSSR count). The van der Waals surface area contributed by atoms with E-state index in [1.807, 2.05) is 42.5 Å². The summed E-state index contributed by atoms with van der Waals surface area (Å²) in [6.07, 6.45) is 0.741. The number of aromatic amines is 1. The summed E-state index contributed by atoms with van der Waals surface area (Å²) in [5, 5.41) is 5.06. The largest absolute Gasteiger partial charge is 0.497 e. The Labute approximate surface area is 157 Å². The second-order valence-corrected chi connectivity index (χ2v) is 6.94. The number of H-pyrrole nitrogens is 1. The van der Waals surface area contributed by atoms with Crippen molar-refractivity contribution in [3.63, 3.8) is 0 Å². The fourth-order valence-electron chi connectivity index (χ4n) is 2.79. The van der Waals surface area contributed by atoms with E-state index in [1.165, 1.54) is 12.5 Å². The molecule has 0 saturated heterocycles. The molecule has 5 nitrogen and oxygen atoms in total. The van der Waals surface area contributed by atoms with Crippen molar-refractivity contribution in [3.05, 3.63) is 48.0 Å². The van der Waals surface area contributed by atoms with Crippen molar-refractivity contribution in [2.45, 2.75) is 23.3 Å². The van der Waals surface area contributed by atoms with Gasteiger partial charge in [0.05, 0.1) is 19.2 Å². The van der Waals surface area contributed by atoms with Crippen LogP contribution in [0, 0.1) is 0 Å². The molecule has 0 aliphatic heterocycles. The van der Waals surface area contributed by atoms with E-state index < -0.39 is 0 Å². The van der Waals surface area contributed by atoms with Gasteiger partial charge in [-0.1, -0.05) is 11.8 Å². The summed E-state index contributed by atoms with van der Waals surface area (Å²) in [5.41, 5.74) is 2.23. The maximum atomic E-state index is 11.2. The number of fused-ring (bicyclic) bond motifs is 1. The van der Waals surface area contributed by atoms with Gasteiger partial charge >= 0.3 is 0 Å². The molecule has 0 atom stereocenters. The highest BCUT2D eigenvalue weighted by Gasteiger charge is 2.14. The van der Waals surface area contributed by atoms with Crippen molar-refractivity contribution in [1.29, 1.82) is 0 Å². The van der Waals surface area contributed by atoms with Crippen molar-refractivity contribution >= 4 is 28.6 Å². The normalized spacial score (nSPS) is 10.7. The first-order valence-electron chi connectivity index (χ1n) is 8.35. The Hall–Kier alpha value is -2.60. The van der Waals surface area contributed by atoms with Crippen LogP contribution in [0.2, 0.25) is 0 Å². The number of methoxy groups -OCH3 is 2. The molecule has 0 aliphatic rings. The second-order valence-electron chi connectivity index (χ2n) is 5.85. The minimum Gasteiger partial charge on any atom is -0.497 e. The van der Waals surface area contributed by atoms with Crippen molar-refractivity contribution in [2.75, 3.05) is 20.8 Å².